The lowest BCUT2D eigenvalue weighted by molar-refractivity contribution is -0.166. The van der Waals surface area contributed by atoms with E-state index in [9.17, 15) is 13.2 Å². The van der Waals surface area contributed by atoms with E-state index in [2.05, 4.69) is 5.32 Å². The topological polar surface area (TPSA) is 15.3 Å². The van der Waals surface area contributed by atoms with E-state index in [1.807, 2.05) is 27.7 Å². The summed E-state index contributed by atoms with van der Waals surface area (Å²) in [6, 6.07) is 0.151. The highest BCUT2D eigenvalue weighted by Crippen LogP contribution is 2.31. The lowest BCUT2D eigenvalue weighted by Gasteiger charge is -2.50. The zero-order valence-corrected chi connectivity index (χ0v) is 11.8. The summed E-state index contributed by atoms with van der Waals surface area (Å²) in [4.78, 5) is 1.65. The fourth-order valence-corrected chi connectivity index (χ4v) is 2.77. The van der Waals surface area contributed by atoms with Gasteiger partial charge < -0.3 is 5.32 Å². The summed E-state index contributed by atoms with van der Waals surface area (Å²) < 4.78 is 38.2. The predicted octanol–water partition coefficient (Wildman–Crippen LogP) is 3.04. The number of rotatable bonds is 4. The van der Waals surface area contributed by atoms with Crippen molar-refractivity contribution < 1.29 is 13.2 Å². The summed E-state index contributed by atoms with van der Waals surface area (Å²) in [5.41, 5.74) is -0.346. The van der Waals surface area contributed by atoms with Crippen molar-refractivity contribution in [1.29, 1.82) is 0 Å². The molecule has 0 aromatic carbocycles. The molecule has 18 heavy (non-hydrogen) atoms. The molecule has 0 aromatic rings. The van der Waals surface area contributed by atoms with Gasteiger partial charge in [0.25, 0.3) is 0 Å². The maximum atomic E-state index is 12.7. The van der Waals surface area contributed by atoms with Gasteiger partial charge in [-0.15, -0.1) is 0 Å². The molecule has 5 heteroatoms. The van der Waals surface area contributed by atoms with Crippen molar-refractivity contribution in [1.82, 2.24) is 10.2 Å². The van der Waals surface area contributed by atoms with Crippen LogP contribution in [0.3, 0.4) is 0 Å². The van der Waals surface area contributed by atoms with Crippen LogP contribution < -0.4 is 5.32 Å². The van der Waals surface area contributed by atoms with Crippen LogP contribution >= 0.6 is 0 Å². The molecule has 108 valence electrons. The first-order valence-electron chi connectivity index (χ1n) is 6.79. The van der Waals surface area contributed by atoms with Crippen molar-refractivity contribution in [3.8, 4) is 0 Å². The van der Waals surface area contributed by atoms with Gasteiger partial charge in [0.2, 0.25) is 0 Å². The maximum Gasteiger partial charge on any atom is 0.401 e. The second-order valence-corrected chi connectivity index (χ2v) is 5.66. The zero-order valence-electron chi connectivity index (χ0n) is 11.8. The van der Waals surface area contributed by atoms with Crippen molar-refractivity contribution in [3.63, 3.8) is 0 Å². The third-order valence-electron chi connectivity index (χ3n) is 4.27. The van der Waals surface area contributed by atoms with Gasteiger partial charge in [0.05, 0.1) is 6.54 Å². The van der Waals surface area contributed by atoms with Crippen LogP contribution in [0.25, 0.3) is 0 Å². The Labute approximate surface area is 108 Å². The van der Waals surface area contributed by atoms with Crippen LogP contribution in [0.5, 0.6) is 0 Å². The van der Waals surface area contributed by atoms with Crippen molar-refractivity contribution in [3.05, 3.63) is 0 Å². The van der Waals surface area contributed by atoms with Gasteiger partial charge in [0.15, 0.2) is 0 Å². The molecule has 0 amide bonds. The predicted molar refractivity (Wildman–Crippen MR) is 67.6 cm³/mol. The molecule has 0 bridgehead atoms. The summed E-state index contributed by atoms with van der Waals surface area (Å²) in [5, 5.41) is 3.42. The Morgan fingerprint density at radius 1 is 1.28 bits per heavy atom. The minimum Gasteiger partial charge on any atom is -0.311 e. The van der Waals surface area contributed by atoms with Crippen LogP contribution in [0, 0.1) is 5.92 Å². The van der Waals surface area contributed by atoms with Crippen LogP contribution in [-0.2, 0) is 0 Å². The van der Waals surface area contributed by atoms with E-state index in [0.29, 0.717) is 19.0 Å². The molecular formula is C13H25F3N2. The van der Waals surface area contributed by atoms with Gasteiger partial charge in [-0.25, -0.2) is 0 Å². The fourth-order valence-electron chi connectivity index (χ4n) is 2.77. The first-order valence-corrected chi connectivity index (χ1v) is 6.79. The molecule has 2 nitrogen and oxygen atoms in total. The zero-order chi connectivity index (χ0) is 14.0. The molecule has 0 radical (unpaired) electrons. The molecule has 1 aliphatic rings. The molecule has 1 aliphatic heterocycles. The minimum absolute atomic E-state index is 0.151. The Hall–Kier alpha value is -0.290. The third kappa shape index (κ3) is 3.60. The number of hydrogen-bond donors (Lipinski definition) is 1. The first kappa shape index (κ1) is 15.8. The van der Waals surface area contributed by atoms with Gasteiger partial charge in [0.1, 0.15) is 0 Å². The molecule has 0 aliphatic carbocycles. The monoisotopic (exact) mass is 266 g/mol. The van der Waals surface area contributed by atoms with Crippen LogP contribution in [0.2, 0.25) is 0 Å². The van der Waals surface area contributed by atoms with Crippen LogP contribution in [0.1, 0.15) is 40.5 Å². The molecule has 1 saturated heterocycles. The largest absolute Gasteiger partial charge is 0.401 e. The Morgan fingerprint density at radius 3 is 2.22 bits per heavy atom. The Bertz CT molecular complexity index is 259. The molecule has 1 atom stereocenters. The second-order valence-electron chi connectivity index (χ2n) is 5.66. The third-order valence-corrected chi connectivity index (χ3v) is 4.27. The van der Waals surface area contributed by atoms with Crippen LogP contribution in [-0.4, -0.2) is 42.3 Å². The smallest absolute Gasteiger partial charge is 0.311 e. The van der Waals surface area contributed by atoms with E-state index in [1.54, 1.807) is 4.90 Å². The number of hydrogen-bond acceptors (Lipinski definition) is 2. The average molecular weight is 266 g/mol. The summed E-state index contributed by atoms with van der Waals surface area (Å²) >= 11 is 0. The summed E-state index contributed by atoms with van der Waals surface area (Å²) in [6.45, 7) is 8.40. The molecule has 1 heterocycles. The summed E-state index contributed by atoms with van der Waals surface area (Å²) in [5.74, 6) is 0.354. The lowest BCUT2D eigenvalue weighted by Crippen LogP contribution is -2.66. The molecule has 1 fully saturated rings. The lowest BCUT2D eigenvalue weighted by atomic mass is 9.85. The Balaban J connectivity index is 2.86. The van der Waals surface area contributed by atoms with Gasteiger partial charge in [-0.1, -0.05) is 27.7 Å². The van der Waals surface area contributed by atoms with Gasteiger partial charge in [-0.3, -0.25) is 4.90 Å². The van der Waals surface area contributed by atoms with E-state index in [0.717, 1.165) is 12.8 Å². The standard InChI is InChI=1S/C13H25F3N2/c1-5-12(6-2)8-17-11(10(3)4)7-18(12)9-13(14,15)16/h10-11,17H,5-9H2,1-4H3. The maximum absolute atomic E-state index is 12.7. The highest BCUT2D eigenvalue weighted by Gasteiger charge is 2.44. The number of piperazine rings is 1. The fraction of sp³-hybridized carbons (Fsp3) is 1.00. The minimum atomic E-state index is -4.12. The van der Waals surface area contributed by atoms with E-state index < -0.39 is 12.7 Å². The second kappa shape index (κ2) is 5.78. The molecule has 1 N–H and O–H groups in total. The highest BCUT2D eigenvalue weighted by molar-refractivity contribution is 4.98. The molecule has 0 aromatic heterocycles. The number of nitrogens with zero attached hydrogens (tertiary/aromatic N) is 1. The van der Waals surface area contributed by atoms with Crippen molar-refractivity contribution >= 4 is 0 Å². The van der Waals surface area contributed by atoms with Gasteiger partial charge in [-0.2, -0.15) is 13.2 Å². The molecule has 1 unspecified atom stereocenters. The Morgan fingerprint density at radius 2 is 1.83 bits per heavy atom. The number of halogens is 3. The van der Waals surface area contributed by atoms with Gasteiger partial charge in [-0.05, 0) is 18.8 Å². The molecule has 0 spiro atoms. The van der Waals surface area contributed by atoms with Gasteiger partial charge in [0, 0.05) is 24.7 Å². The average Bonchev–Trinajstić information content (AvgIpc) is 2.27. The van der Waals surface area contributed by atoms with Crippen molar-refractivity contribution in [2.45, 2.75) is 58.3 Å². The highest BCUT2D eigenvalue weighted by atomic mass is 19.4. The summed E-state index contributed by atoms with van der Waals surface area (Å²) in [7, 11) is 0. The van der Waals surface area contributed by atoms with Crippen LogP contribution in [0.15, 0.2) is 0 Å². The molecule has 0 saturated carbocycles. The van der Waals surface area contributed by atoms with E-state index in [4.69, 9.17) is 0 Å². The van der Waals surface area contributed by atoms with Crippen LogP contribution in [0.4, 0.5) is 13.2 Å². The Kier molecular flexibility index (Phi) is 5.06. The first-order chi connectivity index (χ1) is 8.24. The molecular weight excluding hydrogens is 241 g/mol. The van der Waals surface area contributed by atoms with E-state index in [1.165, 1.54) is 0 Å². The number of alkyl halides is 3. The number of nitrogens with one attached hydrogen (secondary N) is 1. The normalized spacial score (nSPS) is 25.7. The SMILES string of the molecule is CCC1(CC)CNC(C(C)C)CN1CC(F)(F)F. The van der Waals surface area contributed by atoms with Crippen molar-refractivity contribution in [2.75, 3.05) is 19.6 Å². The molecule has 1 rings (SSSR count). The van der Waals surface area contributed by atoms with E-state index in [-0.39, 0.29) is 11.6 Å². The van der Waals surface area contributed by atoms with Crippen molar-refractivity contribution in [2.24, 2.45) is 5.92 Å². The summed E-state index contributed by atoms with van der Waals surface area (Å²) in [6.07, 6.45) is -2.62. The quantitative estimate of drug-likeness (QED) is 0.841. The van der Waals surface area contributed by atoms with E-state index >= 15 is 0 Å². The van der Waals surface area contributed by atoms with Gasteiger partial charge >= 0.3 is 6.18 Å².